The third-order valence-corrected chi connectivity index (χ3v) is 3.87. The van der Waals surface area contributed by atoms with E-state index in [0.29, 0.717) is 13.1 Å². The third-order valence-electron chi connectivity index (χ3n) is 3.20. The van der Waals surface area contributed by atoms with Gasteiger partial charge in [-0.05, 0) is 13.8 Å². The maximum Gasteiger partial charge on any atom is 0.320 e. The van der Waals surface area contributed by atoms with Gasteiger partial charge in [0.15, 0.2) is 0 Å². The van der Waals surface area contributed by atoms with Crippen molar-refractivity contribution in [3.8, 4) is 0 Å². The van der Waals surface area contributed by atoms with Gasteiger partial charge in [0.05, 0.1) is 12.6 Å². The molecule has 0 aromatic heterocycles. The molecule has 1 amide bonds. The smallest absolute Gasteiger partial charge is 0.320 e. The quantitative estimate of drug-likeness (QED) is 0.562. The van der Waals surface area contributed by atoms with Gasteiger partial charge in [-0.1, -0.05) is 15.9 Å². The fourth-order valence-electron chi connectivity index (χ4n) is 1.97. The van der Waals surface area contributed by atoms with Crippen LogP contribution >= 0.6 is 15.9 Å². The Hall–Kier alpha value is -0.620. The molecule has 0 bridgehead atoms. The van der Waals surface area contributed by atoms with Crippen molar-refractivity contribution in [2.75, 3.05) is 33.8 Å². The van der Waals surface area contributed by atoms with Crippen molar-refractivity contribution in [1.29, 1.82) is 0 Å². The number of likely N-dealkylation sites (N-methyl/N-ethyl adjacent to an activating group) is 1. The summed E-state index contributed by atoms with van der Waals surface area (Å²) in [6.07, 6.45) is 0. The second kappa shape index (κ2) is 5.35. The number of carbonyl (C=O) groups excluding carboxylic acids is 2. The number of rotatable bonds is 3. The summed E-state index contributed by atoms with van der Waals surface area (Å²) in [4.78, 5) is 26.7. The number of halogens is 1. The Balaban J connectivity index is 2.72. The van der Waals surface area contributed by atoms with Crippen LogP contribution in [0.4, 0.5) is 0 Å². The topological polar surface area (TPSA) is 49.9 Å². The summed E-state index contributed by atoms with van der Waals surface area (Å²) in [5, 5.41) is 0. The average molecular weight is 307 g/mol. The van der Waals surface area contributed by atoms with Gasteiger partial charge in [-0.15, -0.1) is 0 Å². The molecule has 0 spiro atoms. The lowest BCUT2D eigenvalue weighted by molar-refractivity contribution is -0.149. The molecule has 1 unspecified atom stereocenters. The van der Waals surface area contributed by atoms with Crippen LogP contribution in [-0.2, 0) is 14.3 Å². The highest BCUT2D eigenvalue weighted by molar-refractivity contribution is 9.10. The number of methoxy groups -OCH3 is 1. The van der Waals surface area contributed by atoms with E-state index in [1.165, 1.54) is 7.11 Å². The second-order valence-electron chi connectivity index (χ2n) is 4.72. The highest BCUT2D eigenvalue weighted by Gasteiger charge is 2.41. The monoisotopic (exact) mass is 306 g/mol. The average Bonchev–Trinajstić information content (AvgIpc) is 2.29. The fourth-order valence-corrected chi connectivity index (χ4v) is 2.51. The van der Waals surface area contributed by atoms with Crippen molar-refractivity contribution in [3.05, 3.63) is 0 Å². The van der Waals surface area contributed by atoms with Crippen LogP contribution in [0.15, 0.2) is 0 Å². The van der Waals surface area contributed by atoms with Crippen molar-refractivity contribution >= 4 is 27.8 Å². The Morgan fingerprint density at radius 3 is 2.65 bits per heavy atom. The summed E-state index contributed by atoms with van der Waals surface area (Å²) in [7, 11) is 3.16. The van der Waals surface area contributed by atoms with E-state index in [-0.39, 0.29) is 11.9 Å². The molecule has 0 aromatic rings. The maximum absolute atomic E-state index is 12.0. The number of ether oxygens (including phenoxy) is 1. The lowest BCUT2D eigenvalue weighted by Gasteiger charge is -2.45. The highest BCUT2D eigenvalue weighted by atomic mass is 79.9. The largest absolute Gasteiger partial charge is 0.468 e. The van der Waals surface area contributed by atoms with Gasteiger partial charge in [-0.2, -0.15) is 0 Å². The number of carbonyl (C=O) groups is 2. The molecule has 98 valence electrons. The SMILES string of the molecule is COC(=O)C(Br)CN1CCN(C)C(=O)C1(C)C. The van der Waals surface area contributed by atoms with Gasteiger partial charge >= 0.3 is 5.97 Å². The zero-order chi connectivity index (χ0) is 13.2. The van der Waals surface area contributed by atoms with Crippen molar-refractivity contribution in [1.82, 2.24) is 9.80 Å². The second-order valence-corrected chi connectivity index (χ2v) is 5.83. The predicted octanol–water partition coefficient (Wildman–Crippen LogP) is 0.475. The van der Waals surface area contributed by atoms with Crippen molar-refractivity contribution < 1.29 is 14.3 Å². The summed E-state index contributed by atoms with van der Waals surface area (Å²) in [6, 6.07) is 0. The van der Waals surface area contributed by atoms with Crippen LogP contribution < -0.4 is 0 Å². The maximum atomic E-state index is 12.0. The van der Waals surface area contributed by atoms with E-state index in [1.807, 2.05) is 18.7 Å². The number of piperazine rings is 1. The molecule has 17 heavy (non-hydrogen) atoms. The van der Waals surface area contributed by atoms with Crippen molar-refractivity contribution in [2.45, 2.75) is 24.2 Å². The summed E-state index contributed by atoms with van der Waals surface area (Å²) in [5.41, 5.74) is -0.576. The number of amides is 1. The van der Waals surface area contributed by atoms with E-state index in [9.17, 15) is 9.59 Å². The van der Waals surface area contributed by atoms with Gasteiger partial charge in [0.1, 0.15) is 4.83 Å². The number of esters is 1. The molecule has 0 N–H and O–H groups in total. The molecule has 1 aliphatic rings. The van der Waals surface area contributed by atoms with Crippen LogP contribution in [0.25, 0.3) is 0 Å². The van der Waals surface area contributed by atoms with E-state index in [0.717, 1.165) is 6.54 Å². The highest BCUT2D eigenvalue weighted by Crippen LogP contribution is 2.23. The molecule has 0 radical (unpaired) electrons. The van der Waals surface area contributed by atoms with Crippen LogP contribution in [-0.4, -0.2) is 65.8 Å². The summed E-state index contributed by atoms with van der Waals surface area (Å²) < 4.78 is 4.66. The summed E-state index contributed by atoms with van der Waals surface area (Å²) in [5.74, 6) is -0.236. The zero-order valence-electron chi connectivity index (χ0n) is 10.7. The first-order valence-electron chi connectivity index (χ1n) is 5.53. The Labute approximate surface area is 110 Å². The van der Waals surface area contributed by atoms with Crippen molar-refractivity contribution in [3.63, 3.8) is 0 Å². The number of hydrogen-bond donors (Lipinski definition) is 0. The van der Waals surface area contributed by atoms with E-state index in [2.05, 4.69) is 20.7 Å². The van der Waals surface area contributed by atoms with Gasteiger partial charge in [-0.3, -0.25) is 14.5 Å². The molecule has 1 rings (SSSR count). The molecule has 0 saturated carbocycles. The standard InChI is InChI=1S/C11H19BrN2O3/c1-11(2)10(16)13(3)5-6-14(11)7-8(12)9(15)17-4/h8H,5-7H2,1-4H3. The Morgan fingerprint density at radius 2 is 2.12 bits per heavy atom. The molecule has 1 atom stereocenters. The molecular weight excluding hydrogens is 288 g/mol. The molecule has 0 aromatic carbocycles. The normalized spacial score (nSPS) is 22.4. The van der Waals surface area contributed by atoms with E-state index in [4.69, 9.17) is 0 Å². The summed E-state index contributed by atoms with van der Waals surface area (Å²) in [6.45, 7) is 5.67. The van der Waals surface area contributed by atoms with Crippen LogP contribution in [0.1, 0.15) is 13.8 Å². The Kier molecular flexibility index (Phi) is 4.55. The molecule has 5 nitrogen and oxygen atoms in total. The minimum Gasteiger partial charge on any atom is -0.468 e. The Morgan fingerprint density at radius 1 is 1.53 bits per heavy atom. The third kappa shape index (κ3) is 2.98. The molecule has 0 aliphatic carbocycles. The van der Waals surface area contributed by atoms with Gasteiger partial charge in [0, 0.05) is 26.7 Å². The molecular formula is C11H19BrN2O3. The molecule has 1 fully saturated rings. The molecule has 1 aliphatic heterocycles. The van der Waals surface area contributed by atoms with E-state index >= 15 is 0 Å². The number of hydrogen-bond acceptors (Lipinski definition) is 4. The van der Waals surface area contributed by atoms with Gasteiger partial charge in [0.25, 0.3) is 0 Å². The number of nitrogens with zero attached hydrogens (tertiary/aromatic N) is 2. The molecule has 6 heteroatoms. The minimum atomic E-state index is -0.576. The van der Waals surface area contributed by atoms with E-state index in [1.54, 1.807) is 11.9 Å². The van der Waals surface area contributed by atoms with Crippen LogP contribution in [0, 0.1) is 0 Å². The first-order valence-corrected chi connectivity index (χ1v) is 6.44. The number of alkyl halides is 1. The zero-order valence-corrected chi connectivity index (χ0v) is 12.3. The van der Waals surface area contributed by atoms with Gasteiger partial charge in [-0.25, -0.2) is 0 Å². The van der Waals surface area contributed by atoms with Crippen molar-refractivity contribution in [2.24, 2.45) is 0 Å². The van der Waals surface area contributed by atoms with Crippen LogP contribution in [0.3, 0.4) is 0 Å². The van der Waals surface area contributed by atoms with Crippen LogP contribution in [0.5, 0.6) is 0 Å². The summed E-state index contributed by atoms with van der Waals surface area (Å²) >= 11 is 3.28. The van der Waals surface area contributed by atoms with E-state index < -0.39 is 10.4 Å². The van der Waals surface area contributed by atoms with Gasteiger partial charge in [0.2, 0.25) is 5.91 Å². The molecule has 1 saturated heterocycles. The lowest BCUT2D eigenvalue weighted by Crippen LogP contribution is -2.63. The first-order chi connectivity index (χ1) is 7.80. The predicted molar refractivity (Wildman–Crippen MR) is 68.0 cm³/mol. The van der Waals surface area contributed by atoms with Gasteiger partial charge < -0.3 is 9.64 Å². The Bertz CT molecular complexity index is 320. The van der Waals surface area contributed by atoms with Crippen LogP contribution in [0.2, 0.25) is 0 Å². The molecule has 1 heterocycles. The minimum absolute atomic E-state index is 0.0771. The lowest BCUT2D eigenvalue weighted by atomic mass is 9.97. The fraction of sp³-hybridized carbons (Fsp3) is 0.818. The first kappa shape index (κ1) is 14.4.